The lowest BCUT2D eigenvalue weighted by Gasteiger charge is -2.24. The standard InChI is InChI=1S/C19H24ClN3O3S/c1-14(16-5-7-17(20)8-6-16)23(2)13-19(24)22-12-11-15-3-9-18(10-4-15)27(21,25)26/h3-10,14H,11-13H2,1-2H3,(H,22,24)(H2,21,25,26). The second-order valence-electron chi connectivity index (χ2n) is 6.43. The highest BCUT2D eigenvalue weighted by Gasteiger charge is 2.14. The van der Waals surface area contributed by atoms with Gasteiger partial charge in [0.2, 0.25) is 15.9 Å². The van der Waals surface area contributed by atoms with Gasteiger partial charge >= 0.3 is 0 Å². The Balaban J connectivity index is 1.79. The molecule has 8 heteroatoms. The van der Waals surface area contributed by atoms with E-state index in [0.29, 0.717) is 18.0 Å². The number of rotatable bonds is 8. The summed E-state index contributed by atoms with van der Waals surface area (Å²) in [5.41, 5.74) is 2.01. The molecular weight excluding hydrogens is 386 g/mol. The first-order valence-corrected chi connectivity index (χ1v) is 10.4. The molecule has 146 valence electrons. The number of carbonyl (C=O) groups is 1. The van der Waals surface area contributed by atoms with Crippen LogP contribution in [0.25, 0.3) is 0 Å². The minimum atomic E-state index is -3.68. The Kier molecular flexibility index (Phi) is 7.38. The number of nitrogens with zero attached hydrogens (tertiary/aromatic N) is 1. The topological polar surface area (TPSA) is 92.5 Å². The van der Waals surface area contributed by atoms with E-state index in [2.05, 4.69) is 5.32 Å². The zero-order chi connectivity index (χ0) is 20.0. The van der Waals surface area contributed by atoms with Crippen molar-refractivity contribution in [1.29, 1.82) is 0 Å². The smallest absolute Gasteiger partial charge is 0.238 e. The van der Waals surface area contributed by atoms with E-state index < -0.39 is 10.0 Å². The average Bonchev–Trinajstić information content (AvgIpc) is 2.61. The molecule has 0 aliphatic rings. The number of primary sulfonamides is 1. The molecule has 0 aliphatic heterocycles. The number of likely N-dealkylation sites (N-methyl/N-ethyl adjacent to an activating group) is 1. The molecule has 1 amide bonds. The summed E-state index contributed by atoms with van der Waals surface area (Å²) in [6, 6.07) is 14.0. The van der Waals surface area contributed by atoms with Gasteiger partial charge in [-0.15, -0.1) is 0 Å². The van der Waals surface area contributed by atoms with Crippen molar-refractivity contribution in [3.05, 3.63) is 64.7 Å². The normalized spacial score (nSPS) is 12.8. The number of hydrogen-bond acceptors (Lipinski definition) is 4. The fourth-order valence-electron chi connectivity index (χ4n) is 2.61. The highest BCUT2D eigenvalue weighted by Crippen LogP contribution is 2.20. The molecule has 0 spiro atoms. The molecule has 2 rings (SSSR count). The molecule has 0 aromatic heterocycles. The first-order chi connectivity index (χ1) is 12.7. The summed E-state index contributed by atoms with van der Waals surface area (Å²) in [5, 5.41) is 8.63. The van der Waals surface area contributed by atoms with Crippen LogP contribution in [0.2, 0.25) is 5.02 Å². The SMILES string of the molecule is CC(c1ccc(Cl)cc1)N(C)CC(=O)NCCc1ccc(S(N)(=O)=O)cc1. The summed E-state index contributed by atoms with van der Waals surface area (Å²) in [6.07, 6.45) is 0.604. The van der Waals surface area contributed by atoms with Crippen molar-refractivity contribution in [3.8, 4) is 0 Å². The second kappa shape index (κ2) is 9.32. The maximum absolute atomic E-state index is 12.1. The molecule has 1 unspecified atom stereocenters. The maximum Gasteiger partial charge on any atom is 0.238 e. The van der Waals surface area contributed by atoms with Crippen LogP contribution in [0.3, 0.4) is 0 Å². The minimum absolute atomic E-state index is 0.0699. The van der Waals surface area contributed by atoms with Gasteiger partial charge in [-0.25, -0.2) is 13.6 Å². The third kappa shape index (κ3) is 6.62. The molecule has 6 nitrogen and oxygen atoms in total. The lowest BCUT2D eigenvalue weighted by atomic mass is 10.1. The van der Waals surface area contributed by atoms with Gasteiger partial charge in [-0.3, -0.25) is 9.69 Å². The monoisotopic (exact) mass is 409 g/mol. The van der Waals surface area contributed by atoms with Crippen molar-refractivity contribution in [1.82, 2.24) is 10.2 Å². The molecule has 0 saturated heterocycles. The summed E-state index contributed by atoms with van der Waals surface area (Å²) < 4.78 is 22.5. The fraction of sp³-hybridized carbons (Fsp3) is 0.316. The Hall–Kier alpha value is -1.93. The predicted molar refractivity (Wildman–Crippen MR) is 107 cm³/mol. The van der Waals surface area contributed by atoms with E-state index in [-0.39, 0.29) is 23.4 Å². The molecular formula is C19H24ClN3O3S. The molecule has 0 saturated carbocycles. The van der Waals surface area contributed by atoms with Gasteiger partial charge in [0.1, 0.15) is 0 Å². The molecule has 1 atom stereocenters. The van der Waals surface area contributed by atoms with E-state index >= 15 is 0 Å². The quantitative estimate of drug-likeness (QED) is 0.699. The first kappa shape index (κ1) is 21.4. The Morgan fingerprint density at radius 1 is 1.15 bits per heavy atom. The number of nitrogens with two attached hydrogens (primary N) is 1. The highest BCUT2D eigenvalue weighted by atomic mass is 35.5. The largest absolute Gasteiger partial charge is 0.355 e. The molecule has 0 radical (unpaired) electrons. The van der Waals surface area contributed by atoms with Crippen LogP contribution < -0.4 is 10.5 Å². The molecule has 3 N–H and O–H groups in total. The second-order valence-corrected chi connectivity index (χ2v) is 8.43. The average molecular weight is 410 g/mol. The summed E-state index contributed by atoms with van der Waals surface area (Å²) in [4.78, 5) is 14.2. The molecule has 2 aromatic carbocycles. The molecule has 2 aromatic rings. The number of carbonyl (C=O) groups excluding carboxylic acids is 1. The number of sulfonamides is 1. The number of nitrogens with one attached hydrogen (secondary N) is 1. The Morgan fingerprint density at radius 3 is 2.30 bits per heavy atom. The lowest BCUT2D eigenvalue weighted by Crippen LogP contribution is -2.37. The van der Waals surface area contributed by atoms with Gasteiger partial charge in [0.25, 0.3) is 0 Å². The molecule has 0 bridgehead atoms. The summed E-state index contributed by atoms with van der Waals surface area (Å²) in [6.45, 7) is 2.77. The van der Waals surface area contributed by atoms with Gasteiger partial charge < -0.3 is 5.32 Å². The summed E-state index contributed by atoms with van der Waals surface area (Å²) >= 11 is 5.91. The number of halogens is 1. The van der Waals surface area contributed by atoms with Crippen LogP contribution in [-0.2, 0) is 21.2 Å². The van der Waals surface area contributed by atoms with Gasteiger partial charge in [0.15, 0.2) is 0 Å². The van der Waals surface area contributed by atoms with E-state index in [9.17, 15) is 13.2 Å². The van der Waals surface area contributed by atoms with Crippen LogP contribution in [0.1, 0.15) is 24.1 Å². The molecule has 0 fully saturated rings. The Morgan fingerprint density at radius 2 is 1.74 bits per heavy atom. The third-order valence-corrected chi connectivity index (χ3v) is 5.58. The van der Waals surface area contributed by atoms with Gasteiger partial charge in [-0.1, -0.05) is 35.9 Å². The van der Waals surface area contributed by atoms with Gasteiger partial charge in [0.05, 0.1) is 11.4 Å². The predicted octanol–water partition coefficient (Wildman–Crippen LogP) is 2.34. The number of hydrogen-bond donors (Lipinski definition) is 2. The Labute approximate surface area is 165 Å². The van der Waals surface area contributed by atoms with Crippen LogP contribution in [0.15, 0.2) is 53.4 Å². The van der Waals surface area contributed by atoms with Crippen molar-refractivity contribution >= 4 is 27.5 Å². The van der Waals surface area contributed by atoms with E-state index in [1.165, 1.54) is 12.1 Å². The van der Waals surface area contributed by atoms with Crippen molar-refractivity contribution in [2.24, 2.45) is 5.14 Å². The van der Waals surface area contributed by atoms with E-state index in [1.807, 2.05) is 43.1 Å². The van der Waals surface area contributed by atoms with E-state index in [0.717, 1.165) is 11.1 Å². The zero-order valence-electron chi connectivity index (χ0n) is 15.4. The van der Waals surface area contributed by atoms with Crippen LogP contribution in [0.4, 0.5) is 0 Å². The maximum atomic E-state index is 12.1. The van der Waals surface area contributed by atoms with E-state index in [4.69, 9.17) is 16.7 Å². The van der Waals surface area contributed by atoms with Crippen LogP contribution in [0, 0.1) is 0 Å². The first-order valence-electron chi connectivity index (χ1n) is 8.51. The zero-order valence-corrected chi connectivity index (χ0v) is 16.9. The summed E-state index contributed by atoms with van der Waals surface area (Å²) in [5.74, 6) is -0.0699. The van der Waals surface area contributed by atoms with Gasteiger partial charge in [-0.05, 0) is 55.8 Å². The van der Waals surface area contributed by atoms with Gasteiger partial charge in [0, 0.05) is 17.6 Å². The number of amides is 1. The van der Waals surface area contributed by atoms with Crippen LogP contribution in [0.5, 0.6) is 0 Å². The van der Waals surface area contributed by atoms with Crippen LogP contribution in [-0.4, -0.2) is 39.4 Å². The van der Waals surface area contributed by atoms with Crippen molar-refractivity contribution in [2.75, 3.05) is 20.1 Å². The van der Waals surface area contributed by atoms with Gasteiger partial charge in [-0.2, -0.15) is 0 Å². The third-order valence-electron chi connectivity index (χ3n) is 4.39. The van der Waals surface area contributed by atoms with Crippen molar-refractivity contribution < 1.29 is 13.2 Å². The molecule has 0 aliphatic carbocycles. The number of benzene rings is 2. The molecule has 0 heterocycles. The summed E-state index contributed by atoms with van der Waals surface area (Å²) in [7, 11) is -1.79. The lowest BCUT2D eigenvalue weighted by molar-refractivity contribution is -0.122. The van der Waals surface area contributed by atoms with Crippen LogP contribution >= 0.6 is 11.6 Å². The molecule has 27 heavy (non-hydrogen) atoms. The van der Waals surface area contributed by atoms with E-state index in [1.54, 1.807) is 12.1 Å². The highest BCUT2D eigenvalue weighted by molar-refractivity contribution is 7.89. The fourth-order valence-corrected chi connectivity index (χ4v) is 3.25. The van der Waals surface area contributed by atoms with Crippen molar-refractivity contribution in [2.45, 2.75) is 24.3 Å². The van der Waals surface area contributed by atoms with Crippen molar-refractivity contribution in [3.63, 3.8) is 0 Å². The minimum Gasteiger partial charge on any atom is -0.355 e. The Bertz CT molecular complexity index is 868.